The van der Waals surface area contributed by atoms with Gasteiger partial charge in [0.05, 0.1) is 6.61 Å². The molecule has 116 valence electrons. The molecule has 21 heavy (non-hydrogen) atoms. The second-order valence-electron chi connectivity index (χ2n) is 5.54. The number of carbonyl (C=O) groups is 1. The highest BCUT2D eigenvalue weighted by Gasteiger charge is 2.44. The number of nitrogens with two attached hydrogens (primary N) is 1. The van der Waals surface area contributed by atoms with Gasteiger partial charge in [-0.1, -0.05) is 19.1 Å². The molecule has 0 aromatic heterocycles. The Bertz CT molecular complexity index is 492. The average Bonchev–Trinajstić information content (AvgIpc) is 2.84. The van der Waals surface area contributed by atoms with Gasteiger partial charge in [-0.25, -0.2) is 0 Å². The molecule has 0 saturated heterocycles. The maximum Gasteiger partial charge on any atom is 0.237 e. The van der Waals surface area contributed by atoms with Crippen LogP contribution >= 0.6 is 0 Å². The molecule has 1 amide bonds. The molecule has 1 aliphatic rings. The lowest BCUT2D eigenvalue weighted by Crippen LogP contribution is -2.54. The summed E-state index contributed by atoms with van der Waals surface area (Å²) in [5.74, 6) is 0.523. The first kappa shape index (κ1) is 15.8. The van der Waals surface area contributed by atoms with E-state index in [0.29, 0.717) is 13.0 Å². The number of rotatable bonds is 7. The van der Waals surface area contributed by atoms with Crippen molar-refractivity contribution in [3.05, 3.63) is 29.8 Å². The van der Waals surface area contributed by atoms with E-state index >= 15 is 0 Å². The molecule has 0 spiro atoms. The van der Waals surface area contributed by atoms with E-state index in [4.69, 9.17) is 15.2 Å². The SMILES string of the molecule is CCNC1(C(N)=O)CCC(Oc2cccc(COC)c2)C1. The van der Waals surface area contributed by atoms with Gasteiger partial charge in [0, 0.05) is 13.5 Å². The smallest absolute Gasteiger partial charge is 0.237 e. The number of carbonyl (C=O) groups excluding carboxylic acids is 1. The third-order valence-electron chi connectivity index (χ3n) is 3.97. The van der Waals surface area contributed by atoms with Gasteiger partial charge in [-0.05, 0) is 37.1 Å². The Morgan fingerprint density at radius 1 is 1.52 bits per heavy atom. The normalized spacial score (nSPS) is 25.0. The lowest BCUT2D eigenvalue weighted by atomic mass is 9.96. The van der Waals surface area contributed by atoms with Gasteiger partial charge in [-0.2, -0.15) is 0 Å². The number of hydrogen-bond donors (Lipinski definition) is 2. The van der Waals surface area contributed by atoms with Crippen LogP contribution in [-0.4, -0.2) is 31.2 Å². The minimum absolute atomic E-state index is 0.00865. The molecule has 1 fully saturated rings. The van der Waals surface area contributed by atoms with Gasteiger partial charge in [0.15, 0.2) is 0 Å². The highest BCUT2D eigenvalue weighted by Crippen LogP contribution is 2.33. The van der Waals surface area contributed by atoms with Crippen LogP contribution in [-0.2, 0) is 16.1 Å². The largest absolute Gasteiger partial charge is 0.490 e. The first-order valence-electron chi connectivity index (χ1n) is 7.39. The van der Waals surface area contributed by atoms with Crippen molar-refractivity contribution < 1.29 is 14.3 Å². The first-order valence-corrected chi connectivity index (χ1v) is 7.39. The Morgan fingerprint density at radius 3 is 3.00 bits per heavy atom. The molecule has 1 saturated carbocycles. The van der Waals surface area contributed by atoms with Crippen molar-refractivity contribution in [2.75, 3.05) is 13.7 Å². The van der Waals surface area contributed by atoms with Crippen molar-refractivity contribution in [3.8, 4) is 5.75 Å². The monoisotopic (exact) mass is 292 g/mol. The van der Waals surface area contributed by atoms with Crippen molar-refractivity contribution >= 4 is 5.91 Å². The Balaban J connectivity index is 2.01. The van der Waals surface area contributed by atoms with E-state index in [9.17, 15) is 4.79 Å². The van der Waals surface area contributed by atoms with Crippen LogP contribution in [0.1, 0.15) is 31.7 Å². The summed E-state index contributed by atoms with van der Waals surface area (Å²) in [7, 11) is 1.67. The molecule has 5 heteroatoms. The van der Waals surface area contributed by atoms with E-state index in [1.165, 1.54) is 0 Å². The molecule has 5 nitrogen and oxygen atoms in total. The van der Waals surface area contributed by atoms with Gasteiger partial charge < -0.3 is 20.5 Å². The zero-order chi connectivity index (χ0) is 15.3. The van der Waals surface area contributed by atoms with E-state index < -0.39 is 5.54 Å². The third-order valence-corrected chi connectivity index (χ3v) is 3.97. The molecule has 0 bridgehead atoms. The topological polar surface area (TPSA) is 73.6 Å². The van der Waals surface area contributed by atoms with Crippen LogP contribution in [0.5, 0.6) is 5.75 Å². The molecule has 0 aliphatic heterocycles. The molecule has 2 rings (SSSR count). The fourth-order valence-corrected chi connectivity index (χ4v) is 2.98. The highest BCUT2D eigenvalue weighted by atomic mass is 16.5. The van der Waals surface area contributed by atoms with Crippen molar-refractivity contribution in [3.63, 3.8) is 0 Å². The molecule has 3 N–H and O–H groups in total. The van der Waals surface area contributed by atoms with E-state index in [-0.39, 0.29) is 12.0 Å². The summed E-state index contributed by atoms with van der Waals surface area (Å²) >= 11 is 0. The van der Waals surface area contributed by atoms with Gasteiger partial charge in [0.2, 0.25) is 5.91 Å². The van der Waals surface area contributed by atoms with E-state index in [0.717, 1.165) is 30.7 Å². The van der Waals surface area contributed by atoms with Crippen LogP contribution in [0.4, 0.5) is 0 Å². The summed E-state index contributed by atoms with van der Waals surface area (Å²) in [4.78, 5) is 11.7. The minimum Gasteiger partial charge on any atom is -0.490 e. The number of likely N-dealkylation sites (N-methyl/N-ethyl adjacent to an activating group) is 1. The van der Waals surface area contributed by atoms with Crippen LogP contribution in [0.25, 0.3) is 0 Å². The number of amides is 1. The van der Waals surface area contributed by atoms with Crippen LogP contribution in [0, 0.1) is 0 Å². The number of nitrogens with one attached hydrogen (secondary N) is 1. The van der Waals surface area contributed by atoms with Crippen molar-refractivity contribution in [2.24, 2.45) is 5.73 Å². The van der Waals surface area contributed by atoms with Crippen LogP contribution in [0.3, 0.4) is 0 Å². The lowest BCUT2D eigenvalue weighted by molar-refractivity contribution is -0.124. The van der Waals surface area contributed by atoms with Gasteiger partial charge in [0.25, 0.3) is 0 Å². The number of benzene rings is 1. The van der Waals surface area contributed by atoms with Crippen molar-refractivity contribution in [1.82, 2.24) is 5.32 Å². The Labute approximate surface area is 125 Å². The fraction of sp³-hybridized carbons (Fsp3) is 0.562. The highest BCUT2D eigenvalue weighted by molar-refractivity contribution is 5.85. The maximum absolute atomic E-state index is 11.7. The number of hydrogen-bond acceptors (Lipinski definition) is 4. The van der Waals surface area contributed by atoms with Crippen LogP contribution in [0.15, 0.2) is 24.3 Å². The second kappa shape index (κ2) is 6.91. The molecule has 2 atom stereocenters. The second-order valence-corrected chi connectivity index (χ2v) is 5.54. The summed E-state index contributed by atoms with van der Waals surface area (Å²) < 4.78 is 11.1. The summed E-state index contributed by atoms with van der Waals surface area (Å²) in [5, 5.41) is 3.23. The summed E-state index contributed by atoms with van der Waals surface area (Å²) in [6, 6.07) is 7.85. The quantitative estimate of drug-likeness (QED) is 0.800. The Kier molecular flexibility index (Phi) is 5.20. The van der Waals surface area contributed by atoms with Crippen LogP contribution in [0.2, 0.25) is 0 Å². The predicted octanol–water partition coefficient (Wildman–Crippen LogP) is 1.60. The van der Waals surface area contributed by atoms with E-state index in [1.54, 1.807) is 7.11 Å². The summed E-state index contributed by atoms with van der Waals surface area (Å²) in [5.41, 5.74) is 6.01. The van der Waals surface area contributed by atoms with E-state index in [2.05, 4.69) is 5.32 Å². The number of methoxy groups -OCH3 is 1. The molecule has 1 aromatic rings. The molecule has 0 heterocycles. The van der Waals surface area contributed by atoms with Gasteiger partial charge >= 0.3 is 0 Å². The third kappa shape index (κ3) is 3.74. The average molecular weight is 292 g/mol. The summed E-state index contributed by atoms with van der Waals surface area (Å²) in [6.07, 6.45) is 2.17. The van der Waals surface area contributed by atoms with E-state index in [1.807, 2.05) is 31.2 Å². The van der Waals surface area contributed by atoms with Crippen molar-refractivity contribution in [2.45, 2.75) is 44.4 Å². The molecule has 2 unspecified atom stereocenters. The van der Waals surface area contributed by atoms with Gasteiger partial charge in [0.1, 0.15) is 17.4 Å². The molecule has 0 radical (unpaired) electrons. The summed E-state index contributed by atoms with van der Waals surface area (Å²) in [6.45, 7) is 3.26. The lowest BCUT2D eigenvalue weighted by Gasteiger charge is -2.26. The Hall–Kier alpha value is -1.59. The zero-order valence-corrected chi connectivity index (χ0v) is 12.7. The predicted molar refractivity (Wildman–Crippen MR) is 81.0 cm³/mol. The molecule has 1 aliphatic carbocycles. The minimum atomic E-state index is -0.621. The maximum atomic E-state index is 11.7. The molecule has 1 aromatic carbocycles. The van der Waals surface area contributed by atoms with Gasteiger partial charge in [-0.15, -0.1) is 0 Å². The standard InChI is InChI=1S/C16H24N2O3/c1-3-18-16(15(17)19)8-7-14(10-16)21-13-6-4-5-12(9-13)11-20-2/h4-6,9,14,18H,3,7-8,10-11H2,1-2H3,(H2,17,19). The zero-order valence-electron chi connectivity index (χ0n) is 12.7. The van der Waals surface area contributed by atoms with Crippen LogP contribution < -0.4 is 15.8 Å². The number of primary amides is 1. The van der Waals surface area contributed by atoms with Crippen molar-refractivity contribution in [1.29, 1.82) is 0 Å². The first-order chi connectivity index (χ1) is 10.1. The fourth-order valence-electron chi connectivity index (χ4n) is 2.98. The Morgan fingerprint density at radius 2 is 2.33 bits per heavy atom. The van der Waals surface area contributed by atoms with Gasteiger partial charge in [-0.3, -0.25) is 4.79 Å². The number of ether oxygens (including phenoxy) is 2. The molecular weight excluding hydrogens is 268 g/mol. The molecular formula is C16H24N2O3.